The van der Waals surface area contributed by atoms with Crippen molar-refractivity contribution in [3.05, 3.63) is 42.3 Å². The quantitative estimate of drug-likeness (QED) is 0.495. The number of nitrogens with zero attached hydrogens (tertiary/aromatic N) is 4. The van der Waals surface area contributed by atoms with Crippen molar-refractivity contribution in [3.63, 3.8) is 0 Å². The highest BCUT2D eigenvalue weighted by atomic mass is 32.1. The maximum atomic E-state index is 11.9. The van der Waals surface area contributed by atoms with Crippen LogP contribution in [0.1, 0.15) is 12.8 Å². The third kappa shape index (κ3) is 5.18. The summed E-state index contributed by atoms with van der Waals surface area (Å²) in [6.07, 6.45) is 2.84. The SMILES string of the molecule is C=CC(=O)N1CCC(Oc2nc(Nc3ccc(N4CCOCC4)cc3OC)nc3ccsc23)CC1. The minimum absolute atomic E-state index is 0.0146. The number of anilines is 3. The second-order valence-electron chi connectivity index (χ2n) is 8.44. The fourth-order valence-electron chi connectivity index (χ4n) is 4.38. The highest BCUT2D eigenvalue weighted by Gasteiger charge is 2.24. The summed E-state index contributed by atoms with van der Waals surface area (Å²) in [7, 11) is 1.66. The summed E-state index contributed by atoms with van der Waals surface area (Å²) in [5, 5.41) is 5.30. The van der Waals surface area contributed by atoms with E-state index in [0.717, 1.165) is 60.7 Å². The van der Waals surface area contributed by atoms with E-state index in [4.69, 9.17) is 19.2 Å². The minimum atomic E-state index is -0.0359. The van der Waals surface area contributed by atoms with E-state index >= 15 is 0 Å². The molecule has 35 heavy (non-hydrogen) atoms. The van der Waals surface area contributed by atoms with Crippen LogP contribution in [0.25, 0.3) is 10.2 Å². The van der Waals surface area contributed by atoms with E-state index in [1.54, 1.807) is 23.3 Å². The van der Waals surface area contributed by atoms with Crippen molar-refractivity contribution in [2.24, 2.45) is 0 Å². The van der Waals surface area contributed by atoms with Gasteiger partial charge in [-0.25, -0.2) is 4.98 Å². The predicted octanol–water partition coefficient (Wildman–Crippen LogP) is 3.84. The molecule has 2 aliphatic rings. The number of aromatic nitrogens is 2. The number of hydrogen-bond acceptors (Lipinski definition) is 9. The Morgan fingerprint density at radius 2 is 2.00 bits per heavy atom. The van der Waals surface area contributed by atoms with Crippen molar-refractivity contribution in [3.8, 4) is 11.6 Å². The Bertz CT molecular complexity index is 1200. The van der Waals surface area contributed by atoms with Gasteiger partial charge in [-0.15, -0.1) is 11.3 Å². The van der Waals surface area contributed by atoms with Crippen LogP contribution in [0, 0.1) is 0 Å². The molecule has 0 bridgehead atoms. The van der Waals surface area contributed by atoms with E-state index in [-0.39, 0.29) is 12.0 Å². The van der Waals surface area contributed by atoms with E-state index in [9.17, 15) is 4.79 Å². The first-order chi connectivity index (χ1) is 17.1. The number of likely N-dealkylation sites (tertiary alicyclic amines) is 1. The van der Waals surface area contributed by atoms with Gasteiger partial charge in [-0.2, -0.15) is 4.98 Å². The van der Waals surface area contributed by atoms with Crippen LogP contribution < -0.4 is 19.7 Å². The molecule has 10 heteroatoms. The van der Waals surface area contributed by atoms with Crippen molar-refractivity contribution in [1.82, 2.24) is 14.9 Å². The van der Waals surface area contributed by atoms with Gasteiger partial charge >= 0.3 is 0 Å². The number of amides is 1. The molecule has 0 spiro atoms. The number of hydrogen-bond donors (Lipinski definition) is 1. The molecular formula is C25H29N5O4S. The summed E-state index contributed by atoms with van der Waals surface area (Å²) in [5.74, 6) is 1.68. The summed E-state index contributed by atoms with van der Waals surface area (Å²) in [5.41, 5.74) is 2.70. The first-order valence-corrected chi connectivity index (χ1v) is 12.6. The maximum absolute atomic E-state index is 11.9. The molecule has 5 rings (SSSR count). The van der Waals surface area contributed by atoms with Gasteiger partial charge in [0.2, 0.25) is 17.7 Å². The number of carbonyl (C=O) groups excluding carboxylic acids is 1. The Labute approximate surface area is 208 Å². The number of nitrogens with one attached hydrogen (secondary N) is 1. The second kappa shape index (κ2) is 10.5. The van der Waals surface area contributed by atoms with Crippen molar-refractivity contribution in [2.75, 3.05) is 56.7 Å². The van der Waals surface area contributed by atoms with Crippen LogP contribution in [0.15, 0.2) is 42.3 Å². The zero-order valence-electron chi connectivity index (χ0n) is 19.7. The van der Waals surface area contributed by atoms with Crippen LogP contribution in [-0.4, -0.2) is 73.4 Å². The summed E-state index contributed by atoms with van der Waals surface area (Å²) in [6.45, 7) is 8.03. The Hall–Kier alpha value is -3.37. The van der Waals surface area contributed by atoms with Crippen molar-refractivity contribution in [2.45, 2.75) is 18.9 Å². The molecule has 184 valence electrons. The molecule has 4 heterocycles. The highest BCUT2D eigenvalue weighted by molar-refractivity contribution is 7.17. The van der Waals surface area contributed by atoms with Crippen LogP contribution in [0.4, 0.5) is 17.3 Å². The third-order valence-corrected chi connectivity index (χ3v) is 7.18. The molecule has 0 aliphatic carbocycles. The fraction of sp³-hybridized carbons (Fsp3) is 0.400. The van der Waals surface area contributed by atoms with Gasteiger partial charge < -0.3 is 29.3 Å². The number of carbonyl (C=O) groups is 1. The van der Waals surface area contributed by atoms with Crippen LogP contribution >= 0.6 is 11.3 Å². The Morgan fingerprint density at radius 3 is 2.74 bits per heavy atom. The number of fused-ring (bicyclic) bond motifs is 1. The van der Waals surface area contributed by atoms with Crippen molar-refractivity contribution in [1.29, 1.82) is 0 Å². The molecule has 1 N–H and O–H groups in total. The van der Waals surface area contributed by atoms with Gasteiger partial charge in [0, 0.05) is 50.8 Å². The average molecular weight is 496 g/mol. The van der Waals surface area contributed by atoms with Crippen molar-refractivity contribution < 1.29 is 19.0 Å². The molecular weight excluding hydrogens is 466 g/mol. The topological polar surface area (TPSA) is 89.1 Å². The van der Waals surface area contributed by atoms with E-state index in [0.29, 0.717) is 30.7 Å². The number of benzene rings is 1. The van der Waals surface area contributed by atoms with Gasteiger partial charge in [0.1, 0.15) is 16.6 Å². The van der Waals surface area contributed by atoms with Crippen LogP contribution in [0.5, 0.6) is 11.6 Å². The van der Waals surface area contributed by atoms with Gasteiger partial charge in [-0.05, 0) is 29.7 Å². The smallest absolute Gasteiger partial charge is 0.245 e. The Kier molecular flexibility index (Phi) is 7.01. The monoisotopic (exact) mass is 495 g/mol. The minimum Gasteiger partial charge on any atom is -0.494 e. The molecule has 1 aromatic carbocycles. The Balaban J connectivity index is 1.34. The number of rotatable bonds is 7. The van der Waals surface area contributed by atoms with Gasteiger partial charge in [-0.1, -0.05) is 6.58 Å². The largest absolute Gasteiger partial charge is 0.494 e. The molecule has 3 aromatic rings. The second-order valence-corrected chi connectivity index (χ2v) is 9.36. The molecule has 9 nitrogen and oxygen atoms in total. The first-order valence-electron chi connectivity index (χ1n) is 11.8. The molecule has 2 saturated heterocycles. The number of methoxy groups -OCH3 is 1. The fourth-order valence-corrected chi connectivity index (χ4v) is 5.14. The lowest BCUT2D eigenvalue weighted by Crippen LogP contribution is -2.41. The van der Waals surface area contributed by atoms with Crippen LogP contribution in [0.2, 0.25) is 0 Å². The Morgan fingerprint density at radius 1 is 1.20 bits per heavy atom. The molecule has 2 aliphatic heterocycles. The van der Waals surface area contributed by atoms with Crippen LogP contribution in [0.3, 0.4) is 0 Å². The predicted molar refractivity (Wildman–Crippen MR) is 137 cm³/mol. The van der Waals surface area contributed by atoms with E-state index in [2.05, 4.69) is 27.8 Å². The van der Waals surface area contributed by atoms with Crippen LogP contribution in [-0.2, 0) is 9.53 Å². The van der Waals surface area contributed by atoms with E-state index in [1.807, 2.05) is 23.6 Å². The highest BCUT2D eigenvalue weighted by Crippen LogP contribution is 2.35. The summed E-state index contributed by atoms with van der Waals surface area (Å²) in [4.78, 5) is 25.3. The lowest BCUT2D eigenvalue weighted by atomic mass is 10.1. The average Bonchev–Trinajstić information content (AvgIpc) is 3.38. The summed E-state index contributed by atoms with van der Waals surface area (Å²) in [6, 6.07) is 8.03. The maximum Gasteiger partial charge on any atom is 0.245 e. The molecule has 0 saturated carbocycles. The number of piperidine rings is 1. The van der Waals surface area contributed by atoms with Crippen molar-refractivity contribution >= 4 is 44.8 Å². The number of morpholine rings is 1. The zero-order chi connectivity index (χ0) is 24.2. The lowest BCUT2D eigenvalue weighted by molar-refractivity contribution is -0.127. The van der Waals surface area contributed by atoms with Gasteiger partial charge in [0.15, 0.2) is 0 Å². The summed E-state index contributed by atoms with van der Waals surface area (Å²) < 4.78 is 18.4. The zero-order valence-corrected chi connectivity index (χ0v) is 20.6. The van der Waals surface area contributed by atoms with Gasteiger partial charge in [-0.3, -0.25) is 4.79 Å². The molecule has 1 amide bonds. The normalized spacial score (nSPS) is 16.8. The van der Waals surface area contributed by atoms with Gasteiger partial charge in [0.25, 0.3) is 0 Å². The first kappa shape index (κ1) is 23.4. The van der Waals surface area contributed by atoms with E-state index in [1.165, 1.54) is 6.08 Å². The lowest BCUT2D eigenvalue weighted by Gasteiger charge is -2.31. The standard InChI is InChI=1S/C25H29N5O4S/c1-3-22(31)30-9-6-18(7-10-30)34-24-23-20(8-15-35-23)27-25(28-24)26-19-5-4-17(16-21(19)32-2)29-11-13-33-14-12-29/h3-5,8,15-16,18H,1,6-7,9-14H2,2H3,(H,26,27,28). The molecule has 0 radical (unpaired) electrons. The molecule has 2 aromatic heterocycles. The molecule has 0 atom stereocenters. The number of thiophene rings is 1. The third-order valence-electron chi connectivity index (χ3n) is 6.29. The van der Waals surface area contributed by atoms with Gasteiger partial charge in [0.05, 0.1) is 31.5 Å². The van der Waals surface area contributed by atoms with E-state index < -0.39 is 0 Å². The molecule has 2 fully saturated rings. The number of ether oxygens (including phenoxy) is 3. The molecule has 0 unspecified atom stereocenters. The summed E-state index contributed by atoms with van der Waals surface area (Å²) >= 11 is 1.56.